The molecule has 0 aliphatic heterocycles. The number of nitrogens with one attached hydrogen (secondary N) is 1. The highest BCUT2D eigenvalue weighted by molar-refractivity contribution is 5.81. The second kappa shape index (κ2) is 7.21. The van der Waals surface area contributed by atoms with Crippen LogP contribution in [0.3, 0.4) is 0 Å². The highest BCUT2D eigenvalue weighted by Gasteiger charge is 2.13. The van der Waals surface area contributed by atoms with Gasteiger partial charge in [0.1, 0.15) is 0 Å². The van der Waals surface area contributed by atoms with Gasteiger partial charge in [0.25, 0.3) is 5.56 Å². The monoisotopic (exact) mass is 341 g/mol. The maximum absolute atomic E-state index is 12.8. The van der Waals surface area contributed by atoms with Crippen molar-refractivity contribution in [2.24, 2.45) is 0 Å². The Morgan fingerprint density at radius 1 is 1.12 bits per heavy atom. The summed E-state index contributed by atoms with van der Waals surface area (Å²) < 4.78 is 12.3. The lowest BCUT2D eigenvalue weighted by atomic mass is 10.2. The minimum absolute atomic E-state index is 0.148. The van der Waals surface area contributed by atoms with Gasteiger partial charge in [0, 0.05) is 18.5 Å². The zero-order chi connectivity index (χ0) is 17.8. The second-order valence-corrected chi connectivity index (χ2v) is 5.39. The standard InChI is InChI=1S/C18H19N3O4/c1-3-24-15-8-13-14(9-16(15)25-4-2)20-18(23)21(17(13)22)11-12-6-5-7-19-10-12/h5-10H,3-4,11H2,1-2H3,(H,20,23). The Morgan fingerprint density at radius 3 is 2.48 bits per heavy atom. The van der Waals surface area contributed by atoms with Gasteiger partial charge in [-0.05, 0) is 31.5 Å². The molecule has 2 heterocycles. The molecule has 3 aromatic rings. The Balaban J connectivity index is 2.16. The Kier molecular flexibility index (Phi) is 4.83. The summed E-state index contributed by atoms with van der Waals surface area (Å²) in [6, 6.07) is 6.81. The van der Waals surface area contributed by atoms with Crippen molar-refractivity contribution in [1.82, 2.24) is 14.5 Å². The van der Waals surface area contributed by atoms with E-state index in [1.54, 1.807) is 30.6 Å². The largest absolute Gasteiger partial charge is 0.490 e. The molecule has 0 atom stereocenters. The fourth-order valence-electron chi connectivity index (χ4n) is 2.62. The quantitative estimate of drug-likeness (QED) is 0.740. The Hall–Kier alpha value is -3.09. The third kappa shape index (κ3) is 3.40. The number of ether oxygens (including phenoxy) is 2. The molecule has 0 amide bonds. The molecule has 0 aliphatic carbocycles. The van der Waals surface area contributed by atoms with Crippen LogP contribution in [0.5, 0.6) is 11.5 Å². The molecule has 0 unspecified atom stereocenters. The fraction of sp³-hybridized carbons (Fsp3) is 0.278. The zero-order valence-corrected chi connectivity index (χ0v) is 14.1. The van der Waals surface area contributed by atoms with E-state index in [1.165, 1.54) is 0 Å². The second-order valence-electron chi connectivity index (χ2n) is 5.39. The van der Waals surface area contributed by atoms with E-state index in [9.17, 15) is 9.59 Å². The van der Waals surface area contributed by atoms with Crippen molar-refractivity contribution in [2.45, 2.75) is 20.4 Å². The first kappa shape index (κ1) is 16.8. The lowest BCUT2D eigenvalue weighted by Gasteiger charge is -2.13. The molecule has 0 saturated carbocycles. The maximum atomic E-state index is 12.8. The van der Waals surface area contributed by atoms with Gasteiger partial charge in [-0.15, -0.1) is 0 Å². The van der Waals surface area contributed by atoms with Crippen molar-refractivity contribution in [3.8, 4) is 11.5 Å². The van der Waals surface area contributed by atoms with Crippen LogP contribution in [0, 0.1) is 0 Å². The predicted molar refractivity (Wildman–Crippen MR) is 94.5 cm³/mol. The van der Waals surface area contributed by atoms with Crippen molar-refractivity contribution in [2.75, 3.05) is 13.2 Å². The molecular weight excluding hydrogens is 322 g/mol. The molecule has 0 saturated heterocycles. The van der Waals surface area contributed by atoms with Crippen LogP contribution in [0.4, 0.5) is 0 Å². The molecule has 2 aromatic heterocycles. The molecule has 0 spiro atoms. The van der Waals surface area contributed by atoms with Crippen molar-refractivity contribution in [3.63, 3.8) is 0 Å². The fourth-order valence-corrected chi connectivity index (χ4v) is 2.62. The van der Waals surface area contributed by atoms with Gasteiger partial charge < -0.3 is 14.5 Å². The van der Waals surface area contributed by atoms with Crippen LogP contribution in [-0.4, -0.2) is 27.7 Å². The average Bonchev–Trinajstić information content (AvgIpc) is 2.61. The molecule has 0 radical (unpaired) electrons. The van der Waals surface area contributed by atoms with Crippen LogP contribution in [0.1, 0.15) is 19.4 Å². The van der Waals surface area contributed by atoms with E-state index in [-0.39, 0.29) is 12.1 Å². The van der Waals surface area contributed by atoms with Crippen LogP contribution < -0.4 is 20.7 Å². The summed E-state index contributed by atoms with van der Waals surface area (Å²) >= 11 is 0. The number of hydrogen-bond donors (Lipinski definition) is 1. The van der Waals surface area contributed by atoms with Crippen LogP contribution in [0.15, 0.2) is 46.2 Å². The first-order valence-corrected chi connectivity index (χ1v) is 8.09. The summed E-state index contributed by atoms with van der Waals surface area (Å²) in [6.07, 6.45) is 3.26. The van der Waals surface area contributed by atoms with E-state index >= 15 is 0 Å². The number of benzene rings is 1. The number of aromatic amines is 1. The zero-order valence-electron chi connectivity index (χ0n) is 14.1. The predicted octanol–water partition coefficient (Wildman–Crippen LogP) is 1.93. The van der Waals surface area contributed by atoms with Gasteiger partial charge in [-0.3, -0.25) is 14.3 Å². The van der Waals surface area contributed by atoms with Gasteiger partial charge in [0.15, 0.2) is 11.5 Å². The molecule has 25 heavy (non-hydrogen) atoms. The Bertz CT molecular complexity index is 993. The van der Waals surface area contributed by atoms with E-state index in [2.05, 4.69) is 9.97 Å². The van der Waals surface area contributed by atoms with Gasteiger partial charge >= 0.3 is 5.69 Å². The molecule has 3 rings (SSSR count). The summed E-state index contributed by atoms with van der Waals surface area (Å²) in [4.78, 5) is 31.9. The third-order valence-electron chi connectivity index (χ3n) is 3.71. The number of hydrogen-bond acceptors (Lipinski definition) is 5. The molecule has 7 heteroatoms. The minimum Gasteiger partial charge on any atom is -0.490 e. The minimum atomic E-state index is -0.479. The molecule has 7 nitrogen and oxygen atoms in total. The third-order valence-corrected chi connectivity index (χ3v) is 3.71. The van der Waals surface area contributed by atoms with Crippen LogP contribution >= 0.6 is 0 Å². The molecule has 0 bridgehead atoms. The van der Waals surface area contributed by atoms with Gasteiger partial charge in [-0.2, -0.15) is 0 Å². The number of H-pyrrole nitrogens is 1. The van der Waals surface area contributed by atoms with Crippen molar-refractivity contribution >= 4 is 10.9 Å². The molecule has 1 aromatic carbocycles. The normalized spacial score (nSPS) is 10.8. The molecule has 0 aliphatic rings. The topological polar surface area (TPSA) is 86.2 Å². The van der Waals surface area contributed by atoms with Crippen molar-refractivity contribution < 1.29 is 9.47 Å². The van der Waals surface area contributed by atoms with Crippen molar-refractivity contribution in [1.29, 1.82) is 0 Å². The summed E-state index contributed by atoms with van der Waals surface area (Å²) in [5.74, 6) is 0.978. The Labute approximate surface area is 143 Å². The molecular formula is C18H19N3O4. The molecule has 130 valence electrons. The SMILES string of the molecule is CCOc1cc2[nH]c(=O)n(Cc3cccnc3)c(=O)c2cc1OCC. The van der Waals surface area contributed by atoms with E-state index in [0.717, 1.165) is 10.1 Å². The average molecular weight is 341 g/mol. The van der Waals surface area contributed by atoms with E-state index < -0.39 is 5.69 Å². The van der Waals surface area contributed by atoms with E-state index in [0.29, 0.717) is 35.6 Å². The summed E-state index contributed by atoms with van der Waals surface area (Å²) in [6.45, 7) is 4.75. The summed E-state index contributed by atoms with van der Waals surface area (Å²) in [5, 5.41) is 0.371. The van der Waals surface area contributed by atoms with Crippen LogP contribution in [0.25, 0.3) is 10.9 Å². The van der Waals surface area contributed by atoms with Gasteiger partial charge in [0.05, 0.1) is 30.7 Å². The summed E-state index contributed by atoms with van der Waals surface area (Å²) in [7, 11) is 0. The highest BCUT2D eigenvalue weighted by Crippen LogP contribution is 2.30. The molecule has 0 fully saturated rings. The smallest absolute Gasteiger partial charge is 0.329 e. The lowest BCUT2D eigenvalue weighted by molar-refractivity contribution is 0.288. The van der Waals surface area contributed by atoms with Crippen LogP contribution in [-0.2, 0) is 6.54 Å². The number of nitrogens with zero attached hydrogens (tertiary/aromatic N) is 2. The first-order chi connectivity index (χ1) is 12.1. The van der Waals surface area contributed by atoms with E-state index in [1.807, 2.05) is 19.9 Å². The van der Waals surface area contributed by atoms with E-state index in [4.69, 9.17) is 9.47 Å². The Morgan fingerprint density at radius 2 is 1.84 bits per heavy atom. The van der Waals surface area contributed by atoms with Gasteiger partial charge in [-0.1, -0.05) is 6.07 Å². The van der Waals surface area contributed by atoms with Gasteiger partial charge in [-0.25, -0.2) is 4.79 Å². The van der Waals surface area contributed by atoms with Crippen LogP contribution in [0.2, 0.25) is 0 Å². The highest BCUT2D eigenvalue weighted by atomic mass is 16.5. The van der Waals surface area contributed by atoms with Gasteiger partial charge in [0.2, 0.25) is 0 Å². The molecule has 1 N–H and O–H groups in total. The number of rotatable bonds is 6. The first-order valence-electron chi connectivity index (χ1n) is 8.09. The maximum Gasteiger partial charge on any atom is 0.329 e. The number of pyridine rings is 1. The number of fused-ring (bicyclic) bond motifs is 1. The number of aromatic nitrogens is 3. The van der Waals surface area contributed by atoms with Crippen molar-refractivity contribution in [3.05, 3.63) is 63.1 Å². The lowest BCUT2D eigenvalue weighted by Crippen LogP contribution is -2.35. The summed E-state index contributed by atoms with van der Waals surface area (Å²) in [5.41, 5.74) is 0.328.